The molecule has 0 saturated carbocycles. The zero-order chi connectivity index (χ0) is 17.1. The molecule has 3 heteroatoms. The van der Waals surface area contributed by atoms with E-state index in [1.54, 1.807) is 0 Å². The summed E-state index contributed by atoms with van der Waals surface area (Å²) < 4.78 is 5.44. The van der Waals surface area contributed by atoms with Crippen LogP contribution in [0.15, 0.2) is 54.6 Å². The van der Waals surface area contributed by atoms with Crippen LogP contribution in [0.4, 0.5) is 0 Å². The van der Waals surface area contributed by atoms with E-state index in [1.165, 1.54) is 22.3 Å². The predicted molar refractivity (Wildman–Crippen MR) is 106 cm³/mol. The number of ether oxygens (including phenoxy) is 1. The summed E-state index contributed by atoms with van der Waals surface area (Å²) in [7, 11) is 0. The molecule has 2 aromatic carbocycles. The first kappa shape index (κ1) is 16.6. The van der Waals surface area contributed by atoms with Crippen LogP contribution < -0.4 is 0 Å². The molecule has 0 unspecified atom stereocenters. The van der Waals surface area contributed by atoms with E-state index in [2.05, 4.69) is 47.4 Å². The molecule has 0 radical (unpaired) electrons. The van der Waals surface area contributed by atoms with Crippen LogP contribution in [-0.2, 0) is 4.74 Å². The van der Waals surface area contributed by atoms with E-state index in [1.807, 2.05) is 18.2 Å². The van der Waals surface area contributed by atoms with Gasteiger partial charge in [-0.15, -0.1) is 0 Å². The van der Waals surface area contributed by atoms with E-state index >= 15 is 0 Å². The van der Waals surface area contributed by atoms with Gasteiger partial charge in [0.25, 0.3) is 0 Å². The fraction of sp³-hybridized carbons (Fsp3) is 0.273. The number of fused-ring (bicyclic) bond motifs is 1. The first-order valence-electron chi connectivity index (χ1n) is 8.88. The maximum Gasteiger partial charge on any atom is 0.0594 e. The van der Waals surface area contributed by atoms with Gasteiger partial charge >= 0.3 is 0 Å². The number of rotatable bonds is 4. The van der Waals surface area contributed by atoms with E-state index in [0.29, 0.717) is 0 Å². The van der Waals surface area contributed by atoms with Gasteiger partial charge in [-0.1, -0.05) is 60.1 Å². The Labute approximate surface area is 154 Å². The van der Waals surface area contributed by atoms with Crippen molar-refractivity contribution in [3.8, 4) is 0 Å². The molecule has 0 spiro atoms. The average Bonchev–Trinajstić information content (AvgIpc) is 3.01. The molecule has 128 valence electrons. The van der Waals surface area contributed by atoms with Crippen molar-refractivity contribution in [3.63, 3.8) is 0 Å². The Balaban J connectivity index is 1.60. The van der Waals surface area contributed by atoms with Crippen LogP contribution in [-0.4, -0.2) is 37.7 Å². The molecule has 2 aliphatic rings. The number of benzene rings is 2. The van der Waals surface area contributed by atoms with E-state index < -0.39 is 0 Å². The number of hydrogen-bond acceptors (Lipinski definition) is 2. The van der Waals surface area contributed by atoms with Crippen molar-refractivity contribution in [1.82, 2.24) is 4.90 Å². The van der Waals surface area contributed by atoms with Crippen molar-refractivity contribution in [1.29, 1.82) is 0 Å². The van der Waals surface area contributed by atoms with Gasteiger partial charge in [-0.2, -0.15) is 0 Å². The Morgan fingerprint density at radius 3 is 2.48 bits per heavy atom. The summed E-state index contributed by atoms with van der Waals surface area (Å²) in [5.74, 6) is 0. The molecule has 25 heavy (non-hydrogen) atoms. The second-order valence-electron chi connectivity index (χ2n) is 6.54. The van der Waals surface area contributed by atoms with Crippen molar-refractivity contribution in [2.24, 2.45) is 0 Å². The Morgan fingerprint density at radius 1 is 0.960 bits per heavy atom. The van der Waals surface area contributed by atoms with Crippen LogP contribution in [0.2, 0.25) is 5.02 Å². The summed E-state index contributed by atoms with van der Waals surface area (Å²) >= 11 is 6.35. The van der Waals surface area contributed by atoms with E-state index in [4.69, 9.17) is 16.3 Å². The van der Waals surface area contributed by atoms with Gasteiger partial charge in [0.15, 0.2) is 0 Å². The molecule has 1 aliphatic heterocycles. The summed E-state index contributed by atoms with van der Waals surface area (Å²) in [6.07, 6.45) is 5.59. The Hall–Kier alpha value is -1.87. The van der Waals surface area contributed by atoms with E-state index in [9.17, 15) is 0 Å². The molecular weight excluding hydrogens is 330 g/mol. The number of morpholine rings is 1. The van der Waals surface area contributed by atoms with Crippen molar-refractivity contribution in [3.05, 3.63) is 76.3 Å². The molecule has 2 aromatic rings. The zero-order valence-corrected chi connectivity index (χ0v) is 15.0. The third-order valence-electron chi connectivity index (χ3n) is 4.93. The first-order chi connectivity index (χ1) is 12.3. The highest BCUT2D eigenvalue weighted by atomic mass is 35.5. The SMILES string of the molecule is Clc1ccccc1C=C1C=C(CCN2CCOCC2)c2ccccc21. The van der Waals surface area contributed by atoms with Crippen LogP contribution in [0.5, 0.6) is 0 Å². The predicted octanol–water partition coefficient (Wildman–Crippen LogP) is 5.00. The maximum absolute atomic E-state index is 6.35. The van der Waals surface area contributed by atoms with Crippen molar-refractivity contribution >= 4 is 28.8 Å². The molecule has 1 aliphatic carbocycles. The summed E-state index contributed by atoms with van der Waals surface area (Å²) in [5, 5.41) is 0.794. The fourth-order valence-electron chi connectivity index (χ4n) is 3.55. The molecule has 0 aromatic heterocycles. The minimum absolute atomic E-state index is 0.794. The average molecular weight is 352 g/mol. The third kappa shape index (κ3) is 3.72. The van der Waals surface area contributed by atoms with Gasteiger partial charge in [0.2, 0.25) is 0 Å². The Bertz CT molecular complexity index is 818. The van der Waals surface area contributed by atoms with E-state index in [0.717, 1.165) is 49.9 Å². The molecule has 0 atom stereocenters. The van der Waals surface area contributed by atoms with Crippen LogP contribution >= 0.6 is 11.6 Å². The lowest BCUT2D eigenvalue weighted by Gasteiger charge is -2.26. The Kier molecular flexibility index (Phi) is 5.02. The molecule has 4 rings (SSSR count). The van der Waals surface area contributed by atoms with Gasteiger partial charge in [-0.3, -0.25) is 4.90 Å². The highest BCUT2D eigenvalue weighted by Crippen LogP contribution is 2.38. The zero-order valence-electron chi connectivity index (χ0n) is 14.2. The highest BCUT2D eigenvalue weighted by Gasteiger charge is 2.19. The molecule has 2 nitrogen and oxygen atoms in total. The number of nitrogens with zero attached hydrogens (tertiary/aromatic N) is 1. The van der Waals surface area contributed by atoms with Crippen LogP contribution in [0.25, 0.3) is 17.2 Å². The highest BCUT2D eigenvalue weighted by molar-refractivity contribution is 6.32. The topological polar surface area (TPSA) is 12.5 Å². The summed E-state index contributed by atoms with van der Waals surface area (Å²) in [6, 6.07) is 16.7. The summed E-state index contributed by atoms with van der Waals surface area (Å²) in [5.41, 5.74) is 6.40. The fourth-order valence-corrected chi connectivity index (χ4v) is 3.74. The largest absolute Gasteiger partial charge is 0.379 e. The summed E-state index contributed by atoms with van der Waals surface area (Å²) in [6.45, 7) is 4.87. The van der Waals surface area contributed by atoms with Crippen LogP contribution in [0, 0.1) is 0 Å². The standard InChI is InChI=1S/C22H22ClNO/c23-22-8-4-1-5-18(22)16-19-15-17(20-6-2-3-7-21(19)20)9-10-24-11-13-25-14-12-24/h1-8,15-16H,9-14H2. The van der Waals surface area contributed by atoms with Gasteiger partial charge in [-0.25, -0.2) is 0 Å². The molecule has 0 N–H and O–H groups in total. The summed E-state index contributed by atoms with van der Waals surface area (Å²) in [4.78, 5) is 2.49. The second-order valence-corrected chi connectivity index (χ2v) is 6.95. The number of hydrogen-bond donors (Lipinski definition) is 0. The van der Waals surface area contributed by atoms with Gasteiger partial charge < -0.3 is 4.74 Å². The van der Waals surface area contributed by atoms with Gasteiger partial charge in [0.1, 0.15) is 0 Å². The lowest BCUT2D eigenvalue weighted by atomic mass is 10.0. The number of allylic oxidation sites excluding steroid dienone is 2. The lowest BCUT2D eigenvalue weighted by molar-refractivity contribution is 0.0390. The normalized spacial score (nSPS) is 19.1. The first-order valence-corrected chi connectivity index (χ1v) is 9.26. The Morgan fingerprint density at radius 2 is 1.68 bits per heavy atom. The van der Waals surface area contributed by atoms with Crippen LogP contribution in [0.1, 0.15) is 23.1 Å². The van der Waals surface area contributed by atoms with Crippen molar-refractivity contribution in [2.45, 2.75) is 6.42 Å². The van der Waals surface area contributed by atoms with Gasteiger partial charge in [-0.05, 0) is 46.4 Å². The third-order valence-corrected chi connectivity index (χ3v) is 5.28. The van der Waals surface area contributed by atoms with Gasteiger partial charge in [0, 0.05) is 24.7 Å². The van der Waals surface area contributed by atoms with Crippen LogP contribution in [0.3, 0.4) is 0 Å². The van der Waals surface area contributed by atoms with E-state index in [-0.39, 0.29) is 0 Å². The molecule has 0 bridgehead atoms. The minimum atomic E-state index is 0.794. The monoisotopic (exact) mass is 351 g/mol. The number of halogens is 1. The molecule has 0 amide bonds. The molecule has 1 heterocycles. The molecular formula is C22H22ClNO. The van der Waals surface area contributed by atoms with Gasteiger partial charge in [0.05, 0.1) is 13.2 Å². The molecule has 1 fully saturated rings. The molecule has 1 saturated heterocycles. The van der Waals surface area contributed by atoms with Crippen molar-refractivity contribution < 1.29 is 4.74 Å². The maximum atomic E-state index is 6.35. The second kappa shape index (κ2) is 7.57. The minimum Gasteiger partial charge on any atom is -0.379 e. The van der Waals surface area contributed by atoms with Crippen molar-refractivity contribution in [2.75, 3.05) is 32.8 Å². The quantitative estimate of drug-likeness (QED) is 0.768. The lowest BCUT2D eigenvalue weighted by Crippen LogP contribution is -2.36. The smallest absolute Gasteiger partial charge is 0.0594 e.